The maximum atomic E-state index is 5.05. The highest BCUT2D eigenvalue weighted by molar-refractivity contribution is 5.92. The fourth-order valence-corrected chi connectivity index (χ4v) is 6.73. The molecule has 1 heterocycles. The van der Waals surface area contributed by atoms with Gasteiger partial charge in [-0.2, -0.15) is 0 Å². The molecular weight excluding hydrogens is 544 g/mol. The Morgan fingerprint density at radius 3 is 1.42 bits per heavy atom. The van der Waals surface area contributed by atoms with Crippen molar-refractivity contribution >= 4 is 0 Å². The molecule has 0 unspecified atom stereocenters. The number of fused-ring (bicyclic) bond motifs is 3. The average Bonchev–Trinajstić information content (AvgIpc) is 3.34. The largest absolute Gasteiger partial charge is 0.228 e. The van der Waals surface area contributed by atoms with Crippen LogP contribution in [0.3, 0.4) is 0 Å². The predicted octanol–water partition coefficient (Wildman–Crippen LogP) is 11.1. The zero-order chi connectivity index (χ0) is 30.4. The Bertz CT molecular complexity index is 2090. The van der Waals surface area contributed by atoms with Crippen LogP contribution >= 0.6 is 0 Å². The molecular formula is C43H32N2. The fraction of sp³-hybridized carbons (Fsp3) is 0.0698. The molecule has 0 amide bonds. The van der Waals surface area contributed by atoms with Gasteiger partial charge in [-0.1, -0.05) is 153 Å². The highest BCUT2D eigenvalue weighted by Gasteiger charge is 2.36. The van der Waals surface area contributed by atoms with E-state index in [9.17, 15) is 0 Å². The lowest BCUT2D eigenvalue weighted by Crippen LogP contribution is -2.15. The molecule has 0 fully saturated rings. The minimum atomic E-state index is -0.0740. The minimum absolute atomic E-state index is 0.0740. The SMILES string of the molecule is CC1(C)c2ccccc2-c2cc(-c3ccccc3)c(-c3ccc(-c4nc(-c5ccccc5)cc(-c5ccccc5)n4)cc3)cc21. The van der Waals surface area contributed by atoms with Crippen molar-refractivity contribution in [1.29, 1.82) is 0 Å². The van der Waals surface area contributed by atoms with Crippen LogP contribution in [0.2, 0.25) is 0 Å². The van der Waals surface area contributed by atoms with Gasteiger partial charge in [0.15, 0.2) is 5.82 Å². The third kappa shape index (κ3) is 4.76. The predicted molar refractivity (Wildman–Crippen MR) is 187 cm³/mol. The van der Waals surface area contributed by atoms with Crippen molar-refractivity contribution in [3.05, 3.63) is 169 Å². The van der Waals surface area contributed by atoms with Crippen molar-refractivity contribution in [2.24, 2.45) is 0 Å². The second-order valence-electron chi connectivity index (χ2n) is 12.3. The van der Waals surface area contributed by atoms with Crippen LogP contribution in [0.4, 0.5) is 0 Å². The van der Waals surface area contributed by atoms with Crippen molar-refractivity contribution in [2.75, 3.05) is 0 Å². The van der Waals surface area contributed by atoms with Gasteiger partial charge in [-0.05, 0) is 62.7 Å². The maximum Gasteiger partial charge on any atom is 0.160 e. The molecule has 1 aromatic heterocycles. The summed E-state index contributed by atoms with van der Waals surface area (Å²) < 4.78 is 0. The van der Waals surface area contributed by atoms with E-state index in [4.69, 9.17) is 9.97 Å². The molecule has 7 aromatic rings. The molecule has 2 nitrogen and oxygen atoms in total. The quantitative estimate of drug-likeness (QED) is 0.204. The lowest BCUT2D eigenvalue weighted by atomic mass is 9.80. The Hall–Kier alpha value is -5.60. The molecule has 0 saturated carbocycles. The summed E-state index contributed by atoms with van der Waals surface area (Å²) >= 11 is 0. The van der Waals surface area contributed by atoms with Crippen LogP contribution in [-0.4, -0.2) is 9.97 Å². The highest BCUT2D eigenvalue weighted by atomic mass is 14.9. The van der Waals surface area contributed by atoms with Crippen LogP contribution in [0, 0.1) is 0 Å². The molecule has 0 radical (unpaired) electrons. The van der Waals surface area contributed by atoms with E-state index in [1.807, 2.05) is 12.1 Å². The van der Waals surface area contributed by atoms with Gasteiger partial charge >= 0.3 is 0 Å². The van der Waals surface area contributed by atoms with E-state index in [0.717, 1.165) is 33.9 Å². The number of hydrogen-bond acceptors (Lipinski definition) is 2. The second-order valence-corrected chi connectivity index (χ2v) is 12.3. The number of nitrogens with zero attached hydrogens (tertiary/aromatic N) is 2. The van der Waals surface area contributed by atoms with Crippen LogP contribution in [0.15, 0.2) is 158 Å². The van der Waals surface area contributed by atoms with E-state index in [-0.39, 0.29) is 5.41 Å². The summed E-state index contributed by atoms with van der Waals surface area (Å²) in [7, 11) is 0. The van der Waals surface area contributed by atoms with E-state index in [1.54, 1.807) is 0 Å². The van der Waals surface area contributed by atoms with Gasteiger partial charge in [0.1, 0.15) is 0 Å². The zero-order valence-corrected chi connectivity index (χ0v) is 25.4. The van der Waals surface area contributed by atoms with Crippen LogP contribution < -0.4 is 0 Å². The maximum absolute atomic E-state index is 5.05. The van der Waals surface area contributed by atoms with Crippen molar-refractivity contribution in [2.45, 2.75) is 19.3 Å². The van der Waals surface area contributed by atoms with Gasteiger partial charge in [0.2, 0.25) is 0 Å². The number of aromatic nitrogens is 2. The zero-order valence-electron chi connectivity index (χ0n) is 25.4. The molecule has 0 bridgehead atoms. The molecule has 214 valence electrons. The van der Waals surface area contributed by atoms with Crippen LogP contribution in [0.5, 0.6) is 0 Å². The van der Waals surface area contributed by atoms with Gasteiger partial charge in [0.05, 0.1) is 11.4 Å². The Balaban J connectivity index is 1.26. The first kappa shape index (κ1) is 27.0. The standard InChI is InChI=1S/C43H32N2/c1-43(2)38-21-13-12-20-34(38)37-26-35(29-14-6-3-7-15-29)36(27-39(37)43)30-22-24-33(25-23-30)42-44-40(31-16-8-4-9-17-31)28-41(45-42)32-18-10-5-11-19-32/h3-28H,1-2H3. The molecule has 0 N–H and O–H groups in total. The lowest BCUT2D eigenvalue weighted by Gasteiger charge is -2.23. The van der Waals surface area contributed by atoms with E-state index < -0.39 is 0 Å². The lowest BCUT2D eigenvalue weighted by molar-refractivity contribution is 0.660. The molecule has 45 heavy (non-hydrogen) atoms. The Morgan fingerprint density at radius 2 is 0.822 bits per heavy atom. The van der Waals surface area contributed by atoms with Crippen LogP contribution in [-0.2, 0) is 5.41 Å². The molecule has 6 aromatic carbocycles. The normalized spacial score (nSPS) is 12.8. The highest BCUT2D eigenvalue weighted by Crippen LogP contribution is 2.51. The number of benzene rings is 6. The van der Waals surface area contributed by atoms with Crippen molar-refractivity contribution in [3.63, 3.8) is 0 Å². The van der Waals surface area contributed by atoms with Gasteiger partial charge in [0.25, 0.3) is 0 Å². The Morgan fingerprint density at radius 1 is 0.356 bits per heavy atom. The fourth-order valence-electron chi connectivity index (χ4n) is 6.73. The summed E-state index contributed by atoms with van der Waals surface area (Å²) in [5.41, 5.74) is 15.2. The van der Waals surface area contributed by atoms with Gasteiger partial charge in [-0.25, -0.2) is 9.97 Å². The van der Waals surface area contributed by atoms with Gasteiger partial charge in [-0.3, -0.25) is 0 Å². The number of rotatable bonds is 5. The molecule has 8 rings (SSSR count). The molecule has 0 aliphatic heterocycles. The van der Waals surface area contributed by atoms with E-state index in [1.165, 1.54) is 44.5 Å². The Labute approximate surface area is 264 Å². The molecule has 1 aliphatic rings. The molecule has 0 spiro atoms. The number of hydrogen-bond donors (Lipinski definition) is 0. The summed E-state index contributed by atoms with van der Waals surface area (Å²) in [6, 6.07) is 55.9. The third-order valence-corrected chi connectivity index (χ3v) is 9.13. The molecule has 1 aliphatic carbocycles. The van der Waals surface area contributed by atoms with E-state index >= 15 is 0 Å². The first-order chi connectivity index (χ1) is 22.1. The summed E-state index contributed by atoms with van der Waals surface area (Å²) in [5.74, 6) is 0.718. The van der Waals surface area contributed by atoms with Crippen molar-refractivity contribution in [1.82, 2.24) is 9.97 Å². The molecule has 0 saturated heterocycles. The molecule has 2 heteroatoms. The summed E-state index contributed by atoms with van der Waals surface area (Å²) in [5, 5.41) is 0. The van der Waals surface area contributed by atoms with Crippen LogP contribution in [0.1, 0.15) is 25.0 Å². The van der Waals surface area contributed by atoms with Gasteiger partial charge in [0, 0.05) is 22.1 Å². The summed E-state index contributed by atoms with van der Waals surface area (Å²) in [6.07, 6.45) is 0. The first-order valence-corrected chi connectivity index (χ1v) is 15.5. The van der Waals surface area contributed by atoms with Crippen LogP contribution in [0.25, 0.3) is 67.3 Å². The van der Waals surface area contributed by atoms with Gasteiger partial charge < -0.3 is 0 Å². The topological polar surface area (TPSA) is 25.8 Å². The van der Waals surface area contributed by atoms with Crippen molar-refractivity contribution < 1.29 is 0 Å². The van der Waals surface area contributed by atoms with Gasteiger partial charge in [-0.15, -0.1) is 0 Å². The summed E-state index contributed by atoms with van der Waals surface area (Å²) in [6.45, 7) is 4.68. The Kier molecular flexibility index (Phi) is 6.50. The van der Waals surface area contributed by atoms with E-state index in [0.29, 0.717) is 0 Å². The van der Waals surface area contributed by atoms with Crippen molar-refractivity contribution in [3.8, 4) is 67.3 Å². The second kappa shape index (κ2) is 10.8. The summed E-state index contributed by atoms with van der Waals surface area (Å²) in [4.78, 5) is 10.1. The first-order valence-electron chi connectivity index (χ1n) is 15.5. The average molecular weight is 577 g/mol. The smallest absolute Gasteiger partial charge is 0.160 e. The van der Waals surface area contributed by atoms with E-state index in [2.05, 4.69) is 159 Å². The molecule has 0 atom stereocenters. The minimum Gasteiger partial charge on any atom is -0.228 e. The monoisotopic (exact) mass is 576 g/mol. The third-order valence-electron chi connectivity index (χ3n) is 9.13.